The molecular formula is C16H24Br2N2O. The molecule has 0 radical (unpaired) electrons. The number of unbranched alkanes of at least 4 members (excludes halogenated alkanes) is 6. The minimum absolute atomic E-state index is 0.0262. The highest BCUT2D eigenvalue weighted by Gasteiger charge is 2.09. The monoisotopic (exact) mass is 418 g/mol. The molecule has 0 aliphatic rings. The number of nitrogens with two attached hydrogens (primary N) is 1. The van der Waals surface area contributed by atoms with E-state index in [1.165, 1.54) is 32.1 Å². The zero-order valence-electron chi connectivity index (χ0n) is 12.6. The first-order chi connectivity index (χ1) is 10.0. The molecule has 1 amide bonds. The highest BCUT2D eigenvalue weighted by molar-refractivity contribution is 9.11. The van der Waals surface area contributed by atoms with Gasteiger partial charge in [0, 0.05) is 15.4 Å². The Balaban J connectivity index is 2.28. The van der Waals surface area contributed by atoms with Crippen LogP contribution in [-0.2, 0) is 4.79 Å². The fourth-order valence-corrected chi connectivity index (χ4v) is 3.53. The van der Waals surface area contributed by atoms with Crippen molar-refractivity contribution in [3.8, 4) is 0 Å². The molecule has 0 saturated heterocycles. The normalized spacial score (nSPS) is 10.6. The first-order valence-electron chi connectivity index (χ1n) is 7.59. The van der Waals surface area contributed by atoms with Crippen molar-refractivity contribution in [1.29, 1.82) is 0 Å². The molecule has 3 nitrogen and oxygen atoms in total. The highest BCUT2D eigenvalue weighted by Crippen LogP contribution is 2.32. The summed E-state index contributed by atoms with van der Waals surface area (Å²) < 4.78 is 1.68. The molecule has 0 saturated carbocycles. The van der Waals surface area contributed by atoms with Crippen molar-refractivity contribution < 1.29 is 4.79 Å². The standard InChI is InChI=1S/C16H24Br2N2O/c1-2-3-4-5-6-7-8-9-15(21)20-16-13(18)10-12(17)11-14(16)19/h10-11H,2-9,19H2,1H3,(H,20,21). The molecule has 5 heteroatoms. The van der Waals surface area contributed by atoms with E-state index in [9.17, 15) is 4.79 Å². The summed E-state index contributed by atoms with van der Waals surface area (Å²) in [5.74, 6) is 0.0262. The second kappa shape index (κ2) is 10.2. The summed E-state index contributed by atoms with van der Waals surface area (Å²) in [5.41, 5.74) is 7.14. The quantitative estimate of drug-likeness (QED) is 0.388. The average Bonchev–Trinajstić information content (AvgIpc) is 2.42. The Kier molecular flexibility index (Phi) is 9.00. The van der Waals surface area contributed by atoms with Crippen molar-refractivity contribution in [2.24, 2.45) is 0 Å². The van der Waals surface area contributed by atoms with Gasteiger partial charge in [-0.05, 0) is 34.5 Å². The molecule has 0 aliphatic heterocycles. The van der Waals surface area contributed by atoms with Gasteiger partial charge in [0.05, 0.1) is 11.4 Å². The SMILES string of the molecule is CCCCCCCCCC(=O)Nc1c(N)cc(Br)cc1Br. The van der Waals surface area contributed by atoms with Gasteiger partial charge in [0.2, 0.25) is 5.91 Å². The maximum absolute atomic E-state index is 11.9. The molecular weight excluding hydrogens is 396 g/mol. The number of hydrogen-bond acceptors (Lipinski definition) is 2. The summed E-state index contributed by atoms with van der Waals surface area (Å²) >= 11 is 6.79. The van der Waals surface area contributed by atoms with Gasteiger partial charge >= 0.3 is 0 Å². The number of halogens is 2. The summed E-state index contributed by atoms with van der Waals surface area (Å²) in [6, 6.07) is 3.66. The fourth-order valence-electron chi connectivity index (χ4n) is 2.17. The summed E-state index contributed by atoms with van der Waals surface area (Å²) in [5, 5.41) is 2.89. The van der Waals surface area contributed by atoms with Crippen molar-refractivity contribution in [2.75, 3.05) is 11.1 Å². The van der Waals surface area contributed by atoms with E-state index >= 15 is 0 Å². The molecule has 3 N–H and O–H groups in total. The Hall–Kier alpha value is -0.550. The van der Waals surface area contributed by atoms with Gasteiger partial charge in [-0.25, -0.2) is 0 Å². The summed E-state index contributed by atoms with van der Waals surface area (Å²) in [4.78, 5) is 11.9. The van der Waals surface area contributed by atoms with Crippen LogP contribution in [0.5, 0.6) is 0 Å². The van der Waals surface area contributed by atoms with Crippen LogP contribution in [0, 0.1) is 0 Å². The summed E-state index contributed by atoms with van der Waals surface area (Å²) in [6.45, 7) is 2.22. The zero-order chi connectivity index (χ0) is 15.7. The van der Waals surface area contributed by atoms with E-state index in [1.54, 1.807) is 6.07 Å². The van der Waals surface area contributed by atoms with Crippen LogP contribution in [0.2, 0.25) is 0 Å². The molecule has 1 rings (SSSR count). The minimum atomic E-state index is 0.0262. The Morgan fingerprint density at radius 1 is 1.10 bits per heavy atom. The van der Waals surface area contributed by atoms with E-state index in [2.05, 4.69) is 44.1 Å². The molecule has 0 unspecified atom stereocenters. The molecule has 0 heterocycles. The van der Waals surface area contributed by atoms with Crippen molar-refractivity contribution in [1.82, 2.24) is 0 Å². The first kappa shape index (κ1) is 18.5. The van der Waals surface area contributed by atoms with Crippen LogP contribution in [0.3, 0.4) is 0 Å². The molecule has 1 aromatic carbocycles. The van der Waals surface area contributed by atoms with Gasteiger partial charge in [-0.3, -0.25) is 4.79 Å². The molecule has 0 bridgehead atoms. The van der Waals surface area contributed by atoms with E-state index in [-0.39, 0.29) is 5.91 Å². The third kappa shape index (κ3) is 7.32. The highest BCUT2D eigenvalue weighted by atomic mass is 79.9. The van der Waals surface area contributed by atoms with Crippen molar-refractivity contribution in [3.05, 3.63) is 21.1 Å². The van der Waals surface area contributed by atoms with Crippen LogP contribution in [-0.4, -0.2) is 5.91 Å². The summed E-state index contributed by atoms with van der Waals surface area (Å²) in [7, 11) is 0. The number of amides is 1. The number of hydrogen-bond donors (Lipinski definition) is 2. The number of carbonyl (C=O) groups excluding carboxylic acids is 1. The smallest absolute Gasteiger partial charge is 0.224 e. The number of nitrogens with one attached hydrogen (secondary N) is 1. The van der Waals surface area contributed by atoms with Crippen LogP contribution in [0.1, 0.15) is 58.3 Å². The average molecular weight is 420 g/mol. The van der Waals surface area contributed by atoms with Gasteiger partial charge in [-0.2, -0.15) is 0 Å². The lowest BCUT2D eigenvalue weighted by Crippen LogP contribution is -2.13. The van der Waals surface area contributed by atoms with Crippen molar-refractivity contribution >= 4 is 49.1 Å². The number of carbonyl (C=O) groups is 1. The molecule has 21 heavy (non-hydrogen) atoms. The number of anilines is 2. The zero-order valence-corrected chi connectivity index (χ0v) is 15.7. The lowest BCUT2D eigenvalue weighted by atomic mass is 10.1. The third-order valence-corrected chi connectivity index (χ3v) is 4.44. The van der Waals surface area contributed by atoms with Crippen LogP contribution < -0.4 is 11.1 Å². The van der Waals surface area contributed by atoms with E-state index in [1.807, 2.05) is 6.07 Å². The maximum Gasteiger partial charge on any atom is 0.224 e. The van der Waals surface area contributed by atoms with Gasteiger partial charge in [0.25, 0.3) is 0 Å². The van der Waals surface area contributed by atoms with Gasteiger partial charge in [-0.15, -0.1) is 0 Å². The largest absolute Gasteiger partial charge is 0.397 e. The van der Waals surface area contributed by atoms with E-state index in [0.717, 1.165) is 21.8 Å². The van der Waals surface area contributed by atoms with Crippen molar-refractivity contribution in [2.45, 2.75) is 58.3 Å². The molecule has 0 aliphatic carbocycles. The number of rotatable bonds is 9. The van der Waals surface area contributed by atoms with Gasteiger partial charge in [0.1, 0.15) is 0 Å². The van der Waals surface area contributed by atoms with E-state index in [4.69, 9.17) is 5.73 Å². The predicted octanol–water partition coefficient (Wildman–Crippen LogP) is 5.87. The minimum Gasteiger partial charge on any atom is -0.397 e. The number of nitrogen functional groups attached to an aromatic ring is 1. The predicted molar refractivity (Wildman–Crippen MR) is 97.5 cm³/mol. The lowest BCUT2D eigenvalue weighted by molar-refractivity contribution is -0.116. The number of benzene rings is 1. The Labute approximate surface area is 144 Å². The molecule has 0 spiro atoms. The van der Waals surface area contributed by atoms with Gasteiger partial charge < -0.3 is 11.1 Å². The molecule has 1 aromatic rings. The maximum atomic E-state index is 11.9. The first-order valence-corrected chi connectivity index (χ1v) is 9.17. The molecule has 118 valence electrons. The topological polar surface area (TPSA) is 55.1 Å². The van der Waals surface area contributed by atoms with Crippen LogP contribution in [0.15, 0.2) is 21.1 Å². The Bertz CT molecular complexity index is 441. The second-order valence-electron chi connectivity index (χ2n) is 5.27. The lowest BCUT2D eigenvalue weighted by Gasteiger charge is -2.11. The molecule has 0 fully saturated rings. The van der Waals surface area contributed by atoms with Crippen LogP contribution in [0.25, 0.3) is 0 Å². The summed E-state index contributed by atoms with van der Waals surface area (Å²) in [6.07, 6.45) is 9.00. The van der Waals surface area contributed by atoms with Gasteiger partial charge in [0.15, 0.2) is 0 Å². The van der Waals surface area contributed by atoms with Crippen LogP contribution >= 0.6 is 31.9 Å². The van der Waals surface area contributed by atoms with Crippen LogP contribution in [0.4, 0.5) is 11.4 Å². The van der Waals surface area contributed by atoms with Crippen molar-refractivity contribution in [3.63, 3.8) is 0 Å². The molecule has 0 aromatic heterocycles. The van der Waals surface area contributed by atoms with E-state index in [0.29, 0.717) is 17.8 Å². The third-order valence-electron chi connectivity index (χ3n) is 3.36. The Morgan fingerprint density at radius 2 is 1.71 bits per heavy atom. The van der Waals surface area contributed by atoms with E-state index < -0.39 is 0 Å². The second-order valence-corrected chi connectivity index (χ2v) is 7.04. The molecule has 0 atom stereocenters. The fraction of sp³-hybridized carbons (Fsp3) is 0.562. The Morgan fingerprint density at radius 3 is 2.33 bits per heavy atom. The van der Waals surface area contributed by atoms with Gasteiger partial charge in [-0.1, -0.05) is 61.4 Å².